The molecule has 0 radical (unpaired) electrons. The van der Waals surface area contributed by atoms with Crippen molar-refractivity contribution in [3.8, 4) is 0 Å². The second-order valence-corrected chi connectivity index (χ2v) is 10.2. The first-order valence-corrected chi connectivity index (χ1v) is 9.72. The molecule has 1 saturated carbocycles. The summed E-state index contributed by atoms with van der Waals surface area (Å²) in [5.41, 5.74) is 0.696. The van der Waals surface area contributed by atoms with E-state index >= 15 is 0 Å². The zero-order valence-electron chi connectivity index (χ0n) is 12.4. The molecule has 1 aliphatic heterocycles. The molecule has 0 atom stereocenters. The van der Waals surface area contributed by atoms with Crippen LogP contribution in [0.2, 0.25) is 0 Å². The molecule has 0 aromatic carbocycles. The minimum atomic E-state index is -3.46. The van der Waals surface area contributed by atoms with Crippen molar-refractivity contribution in [2.24, 2.45) is 0 Å². The van der Waals surface area contributed by atoms with Crippen LogP contribution in [0.4, 0.5) is 0 Å². The van der Waals surface area contributed by atoms with Gasteiger partial charge in [0.1, 0.15) is 4.90 Å². The van der Waals surface area contributed by atoms with E-state index in [-0.39, 0.29) is 11.4 Å². The molecule has 7 heteroatoms. The molecule has 0 unspecified atom stereocenters. The average molecular weight is 330 g/mol. The fraction of sp³-hybridized carbons (Fsp3) is 0.714. The lowest BCUT2D eigenvalue weighted by molar-refractivity contribution is 0.270. The van der Waals surface area contributed by atoms with E-state index < -0.39 is 10.0 Å². The van der Waals surface area contributed by atoms with Crippen molar-refractivity contribution in [1.29, 1.82) is 0 Å². The molecule has 21 heavy (non-hydrogen) atoms. The molecule has 2 heterocycles. The number of aliphatic hydroxyl groups excluding tert-OH is 1. The Morgan fingerprint density at radius 2 is 2.14 bits per heavy atom. The maximum Gasteiger partial charge on any atom is 0.244 e. The molecule has 1 aromatic heterocycles. The summed E-state index contributed by atoms with van der Waals surface area (Å²) in [4.78, 5) is 0.321. The third kappa shape index (κ3) is 3.02. The molecule has 1 aromatic rings. The molecular weight excluding hydrogens is 308 g/mol. The van der Waals surface area contributed by atoms with Gasteiger partial charge in [-0.25, -0.2) is 8.42 Å². The number of rotatable bonds is 4. The standard InChI is InChI=1S/C14H22N2O3S2/c1-14(2)10-15(5-6-20-14)21(18,19)13-7-12(9-17)16(8-13)11-3-4-11/h7-8,11,17H,3-6,9-10H2,1-2H3. The summed E-state index contributed by atoms with van der Waals surface area (Å²) in [7, 11) is -3.46. The van der Waals surface area contributed by atoms with Crippen LogP contribution in [0.5, 0.6) is 0 Å². The second-order valence-electron chi connectivity index (χ2n) is 6.41. The van der Waals surface area contributed by atoms with Crippen LogP contribution in [0.1, 0.15) is 38.4 Å². The Kier molecular flexibility index (Phi) is 3.88. The molecule has 0 bridgehead atoms. The van der Waals surface area contributed by atoms with Crippen molar-refractivity contribution in [1.82, 2.24) is 8.87 Å². The van der Waals surface area contributed by atoms with Gasteiger partial charge in [0.25, 0.3) is 0 Å². The van der Waals surface area contributed by atoms with Gasteiger partial charge in [-0.2, -0.15) is 16.1 Å². The van der Waals surface area contributed by atoms with Crippen molar-refractivity contribution in [3.63, 3.8) is 0 Å². The Labute approximate surface area is 130 Å². The first kappa shape index (κ1) is 15.4. The summed E-state index contributed by atoms with van der Waals surface area (Å²) in [6, 6.07) is 1.99. The monoisotopic (exact) mass is 330 g/mol. The SMILES string of the molecule is CC1(C)CN(S(=O)(=O)c2cc(CO)n(C3CC3)c2)CCS1. The maximum absolute atomic E-state index is 12.8. The zero-order chi connectivity index (χ0) is 15.3. The lowest BCUT2D eigenvalue weighted by Crippen LogP contribution is -2.45. The first-order chi connectivity index (χ1) is 9.83. The fourth-order valence-electron chi connectivity index (χ4n) is 2.78. The van der Waals surface area contributed by atoms with Crippen molar-refractivity contribution in [2.75, 3.05) is 18.8 Å². The zero-order valence-corrected chi connectivity index (χ0v) is 14.1. The number of aromatic nitrogens is 1. The highest BCUT2D eigenvalue weighted by atomic mass is 32.2. The third-order valence-electron chi connectivity index (χ3n) is 4.04. The molecule has 5 nitrogen and oxygen atoms in total. The van der Waals surface area contributed by atoms with Crippen molar-refractivity contribution < 1.29 is 13.5 Å². The van der Waals surface area contributed by atoms with Crippen LogP contribution in [0.3, 0.4) is 0 Å². The van der Waals surface area contributed by atoms with Gasteiger partial charge in [-0.3, -0.25) is 0 Å². The van der Waals surface area contributed by atoms with Gasteiger partial charge in [-0.15, -0.1) is 0 Å². The Hall–Kier alpha value is -0.500. The predicted octanol–water partition coefficient (Wildman–Crippen LogP) is 1.83. The molecule has 2 aliphatic rings. The Morgan fingerprint density at radius 1 is 1.43 bits per heavy atom. The van der Waals surface area contributed by atoms with Gasteiger partial charge in [0.05, 0.1) is 6.61 Å². The first-order valence-electron chi connectivity index (χ1n) is 7.29. The molecule has 1 saturated heterocycles. The molecule has 3 rings (SSSR count). The minimum Gasteiger partial charge on any atom is -0.390 e. The number of thioether (sulfide) groups is 1. The van der Waals surface area contributed by atoms with Crippen LogP contribution in [0.25, 0.3) is 0 Å². The highest BCUT2D eigenvalue weighted by molar-refractivity contribution is 8.00. The molecule has 0 amide bonds. The van der Waals surface area contributed by atoms with Crippen LogP contribution in [-0.2, 0) is 16.6 Å². The number of aliphatic hydroxyl groups is 1. The van der Waals surface area contributed by atoms with Crippen molar-refractivity contribution >= 4 is 21.8 Å². The molecule has 1 N–H and O–H groups in total. The maximum atomic E-state index is 12.8. The summed E-state index contributed by atoms with van der Waals surface area (Å²) < 4.78 is 29.1. The molecule has 1 aliphatic carbocycles. The van der Waals surface area contributed by atoms with Crippen LogP contribution in [-0.4, -0.2) is 46.0 Å². The van der Waals surface area contributed by atoms with Crippen LogP contribution < -0.4 is 0 Å². The number of nitrogens with zero attached hydrogens (tertiary/aromatic N) is 2. The summed E-state index contributed by atoms with van der Waals surface area (Å²) in [6.45, 7) is 5.12. The van der Waals surface area contributed by atoms with Crippen LogP contribution in [0.15, 0.2) is 17.2 Å². The van der Waals surface area contributed by atoms with E-state index in [9.17, 15) is 13.5 Å². The van der Waals surface area contributed by atoms with Crippen molar-refractivity contribution in [2.45, 2.75) is 49.0 Å². The highest BCUT2D eigenvalue weighted by Crippen LogP contribution is 2.38. The Balaban J connectivity index is 1.91. The number of sulfonamides is 1. The highest BCUT2D eigenvalue weighted by Gasteiger charge is 2.36. The van der Waals surface area contributed by atoms with E-state index in [2.05, 4.69) is 13.8 Å². The summed E-state index contributed by atoms with van der Waals surface area (Å²) in [5.74, 6) is 0.822. The minimum absolute atomic E-state index is 0.0514. The Bertz CT molecular complexity index is 633. The van der Waals surface area contributed by atoms with E-state index in [0.29, 0.717) is 29.7 Å². The number of hydrogen-bond acceptors (Lipinski definition) is 4. The van der Waals surface area contributed by atoms with Gasteiger partial charge in [-0.1, -0.05) is 0 Å². The molecule has 0 spiro atoms. The van der Waals surface area contributed by atoms with E-state index in [1.165, 1.54) is 0 Å². The topological polar surface area (TPSA) is 62.5 Å². The normalized spacial score (nSPS) is 23.4. The van der Waals surface area contributed by atoms with Crippen LogP contribution >= 0.6 is 11.8 Å². The molecular formula is C14H22N2O3S2. The van der Waals surface area contributed by atoms with Gasteiger partial charge in [0.2, 0.25) is 10.0 Å². The fourth-order valence-corrected chi connectivity index (χ4v) is 5.75. The smallest absolute Gasteiger partial charge is 0.244 e. The lowest BCUT2D eigenvalue weighted by Gasteiger charge is -2.36. The second kappa shape index (κ2) is 5.30. The predicted molar refractivity (Wildman–Crippen MR) is 83.9 cm³/mol. The number of hydrogen-bond donors (Lipinski definition) is 1. The summed E-state index contributed by atoms with van der Waals surface area (Å²) >= 11 is 1.81. The lowest BCUT2D eigenvalue weighted by atomic mass is 10.2. The quantitative estimate of drug-likeness (QED) is 0.915. The van der Waals surface area contributed by atoms with Gasteiger partial charge < -0.3 is 9.67 Å². The molecule has 2 fully saturated rings. The van der Waals surface area contributed by atoms with E-state index in [0.717, 1.165) is 18.6 Å². The summed E-state index contributed by atoms with van der Waals surface area (Å²) in [6.07, 6.45) is 3.83. The molecule has 118 valence electrons. The van der Waals surface area contributed by atoms with E-state index in [4.69, 9.17) is 0 Å². The van der Waals surface area contributed by atoms with Crippen molar-refractivity contribution in [3.05, 3.63) is 18.0 Å². The van der Waals surface area contributed by atoms with Gasteiger partial charge >= 0.3 is 0 Å². The van der Waals surface area contributed by atoms with E-state index in [1.807, 2.05) is 16.3 Å². The largest absolute Gasteiger partial charge is 0.390 e. The Morgan fingerprint density at radius 3 is 2.71 bits per heavy atom. The van der Waals surface area contributed by atoms with E-state index in [1.54, 1.807) is 16.6 Å². The van der Waals surface area contributed by atoms with Crippen LogP contribution in [0, 0.1) is 0 Å². The van der Waals surface area contributed by atoms with Gasteiger partial charge in [-0.05, 0) is 32.8 Å². The van der Waals surface area contributed by atoms with Gasteiger partial charge in [0.15, 0.2) is 0 Å². The third-order valence-corrected chi connectivity index (χ3v) is 7.15. The van der Waals surface area contributed by atoms with Gasteiger partial charge in [0, 0.05) is 41.5 Å². The summed E-state index contributed by atoms with van der Waals surface area (Å²) in [5, 5.41) is 9.43. The average Bonchev–Trinajstić information content (AvgIpc) is 3.16.